The van der Waals surface area contributed by atoms with Crippen LogP contribution in [0.2, 0.25) is 0 Å². The Balaban J connectivity index is 2.23. The summed E-state index contributed by atoms with van der Waals surface area (Å²) in [6.07, 6.45) is 3.43. The predicted molar refractivity (Wildman–Crippen MR) is 38.5 cm³/mol. The van der Waals surface area contributed by atoms with Crippen LogP contribution < -0.4 is 0 Å². The minimum Gasteiger partial charge on any atom is -0.459 e. The molecule has 1 rings (SSSR count). The minimum atomic E-state index is -0.246. The molecular weight excluding hydrogens is 128 g/mol. The highest BCUT2D eigenvalue weighted by molar-refractivity contribution is 5.87. The van der Waals surface area contributed by atoms with Crippen LogP contribution in [-0.2, 0) is 9.53 Å². The predicted octanol–water partition coefficient (Wildman–Crippen LogP) is 1.66. The van der Waals surface area contributed by atoms with Crippen molar-refractivity contribution < 1.29 is 9.53 Å². The Kier molecular flexibility index (Phi) is 2.10. The van der Waals surface area contributed by atoms with Gasteiger partial charge in [0.2, 0.25) is 0 Å². The summed E-state index contributed by atoms with van der Waals surface area (Å²) >= 11 is 0. The fourth-order valence-corrected chi connectivity index (χ4v) is 0.741. The Morgan fingerprint density at radius 3 is 2.50 bits per heavy atom. The van der Waals surface area contributed by atoms with Crippen molar-refractivity contribution in [3.63, 3.8) is 0 Å². The molecule has 0 unspecified atom stereocenters. The lowest BCUT2D eigenvalue weighted by molar-refractivity contribution is -0.147. The third kappa shape index (κ3) is 1.59. The van der Waals surface area contributed by atoms with Gasteiger partial charge in [-0.2, -0.15) is 0 Å². The molecule has 2 heteroatoms. The van der Waals surface area contributed by atoms with Gasteiger partial charge in [-0.3, -0.25) is 0 Å². The standard InChI is InChI=1S/C8H12O2/c1-6(2)8(9)10-7-4-3-5-7/h7H,1,3-5H2,2H3. The maximum atomic E-state index is 10.8. The molecule has 0 atom stereocenters. The molecule has 0 saturated heterocycles. The van der Waals surface area contributed by atoms with Gasteiger partial charge in [-0.15, -0.1) is 0 Å². The van der Waals surface area contributed by atoms with Gasteiger partial charge in [0.1, 0.15) is 6.10 Å². The van der Waals surface area contributed by atoms with E-state index in [1.54, 1.807) is 6.92 Å². The molecule has 0 radical (unpaired) electrons. The zero-order chi connectivity index (χ0) is 7.56. The van der Waals surface area contributed by atoms with Gasteiger partial charge < -0.3 is 4.74 Å². The topological polar surface area (TPSA) is 26.3 Å². The second-order valence-corrected chi connectivity index (χ2v) is 2.74. The number of ether oxygens (including phenoxy) is 1. The van der Waals surface area contributed by atoms with E-state index in [-0.39, 0.29) is 12.1 Å². The van der Waals surface area contributed by atoms with Crippen molar-refractivity contribution >= 4 is 5.97 Å². The smallest absolute Gasteiger partial charge is 0.333 e. The number of hydrogen-bond donors (Lipinski definition) is 0. The fraction of sp³-hybridized carbons (Fsp3) is 0.625. The first-order chi connectivity index (χ1) is 4.70. The Bertz CT molecular complexity index is 157. The van der Waals surface area contributed by atoms with E-state index in [0.717, 1.165) is 12.8 Å². The maximum absolute atomic E-state index is 10.8. The van der Waals surface area contributed by atoms with Crippen molar-refractivity contribution in [1.29, 1.82) is 0 Å². The molecule has 1 aliphatic rings. The quantitative estimate of drug-likeness (QED) is 0.430. The number of carbonyl (C=O) groups excluding carboxylic acids is 1. The second kappa shape index (κ2) is 2.86. The minimum absolute atomic E-state index is 0.184. The molecule has 1 saturated carbocycles. The SMILES string of the molecule is C=C(C)C(=O)OC1CCC1. The second-order valence-electron chi connectivity index (χ2n) is 2.74. The van der Waals surface area contributed by atoms with Crippen LogP contribution in [0.5, 0.6) is 0 Å². The fourth-order valence-electron chi connectivity index (χ4n) is 0.741. The zero-order valence-electron chi connectivity index (χ0n) is 6.22. The molecule has 10 heavy (non-hydrogen) atoms. The van der Waals surface area contributed by atoms with E-state index in [9.17, 15) is 4.79 Å². The summed E-state index contributed by atoms with van der Waals surface area (Å²) < 4.78 is 5.01. The highest BCUT2D eigenvalue weighted by Crippen LogP contribution is 2.22. The van der Waals surface area contributed by atoms with Crippen molar-refractivity contribution in [2.24, 2.45) is 0 Å². The lowest BCUT2D eigenvalue weighted by atomic mass is 9.96. The molecule has 0 bridgehead atoms. The largest absolute Gasteiger partial charge is 0.459 e. The summed E-state index contributed by atoms with van der Waals surface area (Å²) in [5, 5.41) is 0. The highest BCUT2D eigenvalue weighted by Gasteiger charge is 2.21. The molecule has 0 aromatic carbocycles. The summed E-state index contributed by atoms with van der Waals surface area (Å²) in [4.78, 5) is 10.8. The van der Waals surface area contributed by atoms with Gasteiger partial charge in [0.05, 0.1) is 0 Å². The lowest BCUT2D eigenvalue weighted by Gasteiger charge is -2.24. The van der Waals surface area contributed by atoms with E-state index in [1.807, 2.05) is 0 Å². The van der Waals surface area contributed by atoms with Crippen LogP contribution in [0.15, 0.2) is 12.2 Å². The van der Waals surface area contributed by atoms with E-state index >= 15 is 0 Å². The van der Waals surface area contributed by atoms with Crippen LogP contribution in [0.1, 0.15) is 26.2 Å². The summed E-state index contributed by atoms with van der Waals surface area (Å²) in [7, 11) is 0. The molecule has 1 fully saturated rings. The molecule has 0 aliphatic heterocycles. The Hall–Kier alpha value is -0.790. The van der Waals surface area contributed by atoms with E-state index in [0.29, 0.717) is 5.57 Å². The first-order valence-corrected chi connectivity index (χ1v) is 3.56. The maximum Gasteiger partial charge on any atom is 0.333 e. The van der Waals surface area contributed by atoms with Crippen molar-refractivity contribution in [1.82, 2.24) is 0 Å². The highest BCUT2D eigenvalue weighted by atomic mass is 16.5. The number of hydrogen-bond acceptors (Lipinski definition) is 2. The molecule has 0 heterocycles. The number of esters is 1. The zero-order valence-corrected chi connectivity index (χ0v) is 6.22. The van der Waals surface area contributed by atoms with Gasteiger partial charge in [0.15, 0.2) is 0 Å². The van der Waals surface area contributed by atoms with Gasteiger partial charge in [-0.25, -0.2) is 4.79 Å². The normalized spacial score (nSPS) is 17.7. The molecule has 0 N–H and O–H groups in total. The summed E-state index contributed by atoms with van der Waals surface area (Å²) in [5.74, 6) is -0.246. The molecule has 2 nitrogen and oxygen atoms in total. The van der Waals surface area contributed by atoms with E-state index in [4.69, 9.17) is 4.74 Å². The van der Waals surface area contributed by atoms with Crippen LogP contribution in [0.4, 0.5) is 0 Å². The summed E-state index contributed by atoms with van der Waals surface area (Å²) in [6, 6.07) is 0. The van der Waals surface area contributed by atoms with Crippen LogP contribution in [-0.4, -0.2) is 12.1 Å². The molecule has 56 valence electrons. The van der Waals surface area contributed by atoms with Crippen molar-refractivity contribution in [3.05, 3.63) is 12.2 Å². The Labute approximate surface area is 60.9 Å². The summed E-state index contributed by atoms with van der Waals surface area (Å²) in [5.41, 5.74) is 0.492. The molecule has 0 aromatic rings. The van der Waals surface area contributed by atoms with Crippen LogP contribution in [0, 0.1) is 0 Å². The van der Waals surface area contributed by atoms with E-state index < -0.39 is 0 Å². The van der Waals surface area contributed by atoms with Crippen molar-refractivity contribution in [3.8, 4) is 0 Å². The third-order valence-corrected chi connectivity index (χ3v) is 1.67. The van der Waals surface area contributed by atoms with Crippen LogP contribution in [0.3, 0.4) is 0 Å². The number of carbonyl (C=O) groups is 1. The van der Waals surface area contributed by atoms with Crippen LogP contribution >= 0.6 is 0 Å². The molecule has 0 spiro atoms. The van der Waals surface area contributed by atoms with E-state index in [2.05, 4.69) is 6.58 Å². The van der Waals surface area contributed by atoms with Crippen molar-refractivity contribution in [2.45, 2.75) is 32.3 Å². The molecule has 0 amide bonds. The van der Waals surface area contributed by atoms with Gasteiger partial charge in [-0.05, 0) is 26.2 Å². The average molecular weight is 140 g/mol. The summed E-state index contributed by atoms with van der Waals surface area (Å²) in [6.45, 7) is 5.16. The Morgan fingerprint density at radius 2 is 2.20 bits per heavy atom. The molecule has 0 aromatic heterocycles. The first-order valence-electron chi connectivity index (χ1n) is 3.56. The number of rotatable bonds is 2. The first kappa shape index (κ1) is 7.32. The van der Waals surface area contributed by atoms with Gasteiger partial charge in [0.25, 0.3) is 0 Å². The Morgan fingerprint density at radius 1 is 1.60 bits per heavy atom. The van der Waals surface area contributed by atoms with Gasteiger partial charge >= 0.3 is 5.97 Å². The van der Waals surface area contributed by atoms with Crippen molar-refractivity contribution in [2.75, 3.05) is 0 Å². The molecule has 1 aliphatic carbocycles. The van der Waals surface area contributed by atoms with Gasteiger partial charge in [-0.1, -0.05) is 6.58 Å². The van der Waals surface area contributed by atoms with Gasteiger partial charge in [0, 0.05) is 5.57 Å². The molecular formula is C8H12O2. The monoisotopic (exact) mass is 140 g/mol. The third-order valence-electron chi connectivity index (χ3n) is 1.67. The lowest BCUT2D eigenvalue weighted by Crippen LogP contribution is -2.25. The average Bonchev–Trinajstić information content (AvgIpc) is 1.77. The van der Waals surface area contributed by atoms with E-state index in [1.165, 1.54) is 6.42 Å². The van der Waals surface area contributed by atoms with Crippen LogP contribution in [0.25, 0.3) is 0 Å².